The molecule has 1 saturated heterocycles. The van der Waals surface area contributed by atoms with Crippen LogP contribution in [0.15, 0.2) is 74.9 Å². The van der Waals surface area contributed by atoms with Crippen molar-refractivity contribution in [1.82, 2.24) is 4.90 Å². The van der Waals surface area contributed by atoms with Gasteiger partial charge in [0.1, 0.15) is 13.2 Å². The number of methoxy groups -OCH3 is 1. The zero-order valence-corrected chi connectivity index (χ0v) is 24.4. The van der Waals surface area contributed by atoms with E-state index in [2.05, 4.69) is 21.2 Å². The van der Waals surface area contributed by atoms with Crippen LogP contribution in [0.25, 0.3) is 6.08 Å². The standard InChI is InChI=1S/C27H22BrN3O7S2/c1-37-22-10-17(21(28)13-23(22)38-15-16-6-8-19(9-7-16)31(35)36)11-24-26(33)30(27(34)40-24)14-25(32)29-18-4-3-5-20(12-18)39-2/h3-13H,14-15H2,1-2H3,(H,29,32)/b24-11+. The Labute approximate surface area is 246 Å². The summed E-state index contributed by atoms with van der Waals surface area (Å²) in [6.07, 6.45) is 3.46. The van der Waals surface area contributed by atoms with Crippen LogP contribution in [0.2, 0.25) is 0 Å². The lowest BCUT2D eigenvalue weighted by atomic mass is 10.1. The van der Waals surface area contributed by atoms with Gasteiger partial charge in [-0.25, -0.2) is 0 Å². The lowest BCUT2D eigenvalue weighted by Gasteiger charge is -2.13. The molecule has 206 valence electrons. The van der Waals surface area contributed by atoms with Gasteiger partial charge in [-0.2, -0.15) is 0 Å². The van der Waals surface area contributed by atoms with Gasteiger partial charge in [0.15, 0.2) is 11.5 Å². The fourth-order valence-electron chi connectivity index (χ4n) is 3.63. The topological polar surface area (TPSA) is 128 Å². The molecule has 4 rings (SSSR count). The SMILES string of the molecule is COc1cc(/C=C2/SC(=O)N(CC(=O)Nc3cccc(SC)c3)C2=O)c(Br)cc1OCc1ccc([N+](=O)[O-])cc1. The third kappa shape index (κ3) is 7.03. The van der Waals surface area contributed by atoms with Gasteiger partial charge in [0, 0.05) is 27.2 Å². The van der Waals surface area contributed by atoms with E-state index in [4.69, 9.17) is 9.47 Å². The minimum absolute atomic E-state index is 0.0144. The number of nitro benzene ring substituents is 1. The number of amides is 3. The number of imide groups is 1. The minimum Gasteiger partial charge on any atom is -0.493 e. The molecule has 1 heterocycles. The average Bonchev–Trinajstić information content (AvgIpc) is 3.20. The molecule has 1 aliphatic heterocycles. The summed E-state index contributed by atoms with van der Waals surface area (Å²) < 4.78 is 11.9. The molecular weight excluding hydrogens is 622 g/mol. The second-order valence-corrected chi connectivity index (χ2v) is 11.0. The molecule has 0 unspecified atom stereocenters. The highest BCUT2D eigenvalue weighted by molar-refractivity contribution is 9.10. The summed E-state index contributed by atoms with van der Waals surface area (Å²) in [5.41, 5.74) is 1.84. The molecule has 1 aliphatic rings. The molecule has 0 bridgehead atoms. The second-order valence-electron chi connectivity index (χ2n) is 8.28. The number of nitrogens with one attached hydrogen (secondary N) is 1. The molecule has 3 amide bonds. The molecule has 13 heteroatoms. The number of non-ortho nitro benzene ring substituents is 1. The van der Waals surface area contributed by atoms with Gasteiger partial charge >= 0.3 is 0 Å². The molecule has 40 heavy (non-hydrogen) atoms. The van der Waals surface area contributed by atoms with Crippen molar-refractivity contribution < 1.29 is 28.8 Å². The van der Waals surface area contributed by atoms with Crippen LogP contribution in [0.5, 0.6) is 11.5 Å². The highest BCUT2D eigenvalue weighted by Gasteiger charge is 2.36. The maximum absolute atomic E-state index is 13.0. The number of anilines is 1. The minimum atomic E-state index is -0.577. The highest BCUT2D eigenvalue weighted by atomic mass is 79.9. The van der Waals surface area contributed by atoms with E-state index >= 15 is 0 Å². The molecule has 0 atom stereocenters. The third-order valence-corrected chi connectivity index (χ3v) is 7.96. The van der Waals surface area contributed by atoms with Crippen LogP contribution in [0.3, 0.4) is 0 Å². The van der Waals surface area contributed by atoms with Gasteiger partial charge in [0.2, 0.25) is 5.91 Å². The van der Waals surface area contributed by atoms with E-state index in [9.17, 15) is 24.5 Å². The zero-order chi connectivity index (χ0) is 28.8. The zero-order valence-electron chi connectivity index (χ0n) is 21.2. The van der Waals surface area contributed by atoms with Gasteiger partial charge in [-0.1, -0.05) is 22.0 Å². The first kappa shape index (κ1) is 29.2. The maximum Gasteiger partial charge on any atom is 0.294 e. The van der Waals surface area contributed by atoms with Crippen LogP contribution in [0.4, 0.5) is 16.2 Å². The van der Waals surface area contributed by atoms with Gasteiger partial charge in [-0.05, 0) is 77.7 Å². The number of thioether (sulfide) groups is 2. The summed E-state index contributed by atoms with van der Waals surface area (Å²) in [5, 5.41) is 13.0. The Bertz CT molecular complexity index is 1510. The van der Waals surface area contributed by atoms with E-state index in [-0.39, 0.29) is 17.2 Å². The Morgan fingerprint density at radius 2 is 1.90 bits per heavy atom. The number of hydrogen-bond donors (Lipinski definition) is 1. The largest absolute Gasteiger partial charge is 0.493 e. The average molecular weight is 645 g/mol. The number of benzene rings is 3. The fourth-order valence-corrected chi connectivity index (χ4v) is 5.36. The van der Waals surface area contributed by atoms with Crippen molar-refractivity contribution in [3.8, 4) is 11.5 Å². The summed E-state index contributed by atoms with van der Waals surface area (Å²) in [4.78, 5) is 50.5. The predicted molar refractivity (Wildman–Crippen MR) is 158 cm³/mol. The van der Waals surface area contributed by atoms with Crippen LogP contribution < -0.4 is 14.8 Å². The summed E-state index contributed by atoms with van der Waals surface area (Å²) in [5.74, 6) is -0.283. The van der Waals surface area contributed by atoms with Crippen LogP contribution in [-0.4, -0.2) is 46.8 Å². The van der Waals surface area contributed by atoms with Crippen molar-refractivity contribution in [2.24, 2.45) is 0 Å². The highest BCUT2D eigenvalue weighted by Crippen LogP contribution is 2.38. The van der Waals surface area contributed by atoms with E-state index in [1.54, 1.807) is 36.4 Å². The van der Waals surface area contributed by atoms with Gasteiger partial charge in [-0.15, -0.1) is 11.8 Å². The number of nitro groups is 1. The van der Waals surface area contributed by atoms with Crippen molar-refractivity contribution in [2.75, 3.05) is 25.2 Å². The van der Waals surface area contributed by atoms with Gasteiger partial charge in [0.25, 0.3) is 16.8 Å². The van der Waals surface area contributed by atoms with Gasteiger partial charge in [-0.3, -0.25) is 29.4 Å². The third-order valence-electron chi connectivity index (χ3n) is 5.64. The lowest BCUT2D eigenvalue weighted by molar-refractivity contribution is -0.384. The Kier molecular flexibility index (Phi) is 9.50. The smallest absolute Gasteiger partial charge is 0.294 e. The number of carbonyl (C=O) groups excluding carboxylic acids is 3. The summed E-state index contributed by atoms with van der Waals surface area (Å²) in [6, 6.07) is 16.6. The first-order chi connectivity index (χ1) is 19.2. The molecule has 0 saturated carbocycles. The Morgan fingerprint density at radius 3 is 2.58 bits per heavy atom. The molecule has 10 nitrogen and oxygen atoms in total. The Balaban J connectivity index is 1.45. The van der Waals surface area contributed by atoms with E-state index < -0.39 is 28.5 Å². The van der Waals surface area contributed by atoms with Crippen LogP contribution in [0.1, 0.15) is 11.1 Å². The number of hydrogen-bond acceptors (Lipinski definition) is 9. The molecule has 3 aromatic carbocycles. The van der Waals surface area contributed by atoms with Crippen LogP contribution in [0, 0.1) is 10.1 Å². The quantitative estimate of drug-likeness (QED) is 0.116. The van der Waals surface area contributed by atoms with E-state index in [0.717, 1.165) is 27.1 Å². The van der Waals surface area contributed by atoms with Gasteiger partial charge in [0.05, 0.1) is 16.9 Å². The number of carbonyl (C=O) groups is 3. The molecule has 0 radical (unpaired) electrons. The summed E-state index contributed by atoms with van der Waals surface area (Å²) >= 11 is 5.74. The van der Waals surface area contributed by atoms with Crippen molar-refractivity contribution in [3.05, 3.63) is 91.3 Å². The molecule has 0 spiro atoms. The maximum atomic E-state index is 13.0. The molecule has 0 aromatic heterocycles. The molecule has 1 fully saturated rings. The lowest BCUT2D eigenvalue weighted by Crippen LogP contribution is -2.36. The molecule has 1 N–H and O–H groups in total. The first-order valence-electron chi connectivity index (χ1n) is 11.6. The number of halogens is 1. The summed E-state index contributed by atoms with van der Waals surface area (Å²) in [6.45, 7) is -0.270. The monoisotopic (exact) mass is 643 g/mol. The Morgan fingerprint density at radius 1 is 1.15 bits per heavy atom. The van der Waals surface area contributed by atoms with Crippen molar-refractivity contribution in [3.63, 3.8) is 0 Å². The number of nitrogens with zero attached hydrogens (tertiary/aromatic N) is 2. The van der Waals surface area contributed by atoms with Crippen molar-refractivity contribution in [1.29, 1.82) is 0 Å². The molecular formula is C27H22BrN3O7S2. The van der Waals surface area contributed by atoms with E-state index in [1.807, 2.05) is 18.4 Å². The van der Waals surface area contributed by atoms with E-state index in [1.165, 1.54) is 37.1 Å². The van der Waals surface area contributed by atoms with Gasteiger partial charge < -0.3 is 14.8 Å². The summed E-state index contributed by atoms with van der Waals surface area (Å²) in [7, 11) is 1.47. The van der Waals surface area contributed by atoms with E-state index in [0.29, 0.717) is 27.2 Å². The van der Waals surface area contributed by atoms with Crippen LogP contribution in [-0.2, 0) is 16.2 Å². The number of ether oxygens (including phenoxy) is 2. The number of rotatable bonds is 10. The fraction of sp³-hybridized carbons (Fsp3) is 0.148. The second kappa shape index (κ2) is 13.0. The Hall–Kier alpha value is -3.81. The van der Waals surface area contributed by atoms with Crippen LogP contribution >= 0.6 is 39.5 Å². The first-order valence-corrected chi connectivity index (χ1v) is 14.4. The van der Waals surface area contributed by atoms with Crippen molar-refractivity contribution >= 4 is 74.0 Å². The molecule has 3 aromatic rings. The predicted octanol–water partition coefficient (Wildman–Crippen LogP) is 6.34. The molecule has 0 aliphatic carbocycles. The van der Waals surface area contributed by atoms with Crippen molar-refractivity contribution in [2.45, 2.75) is 11.5 Å². The normalized spacial score (nSPS) is 14.0.